The molecule has 0 bridgehead atoms. The maximum atomic E-state index is 11.7. The number of fused-ring (bicyclic) bond motifs is 5. The SMILES string of the molecule is C[C@H](CCC(=O)[O-])[C@H]1CC[C@H]2[C@@H]3[C@H](OS(=O)(=O)[O-])C[C@@H]4C[C@H](O)CC[C@]4(C)[C@H]3CC[C@]12C. The first-order valence-electron chi connectivity index (χ1n) is 12.4. The molecule has 0 unspecified atom stereocenters. The highest BCUT2D eigenvalue weighted by Crippen LogP contribution is 2.68. The summed E-state index contributed by atoms with van der Waals surface area (Å²) >= 11 is 0. The normalized spacial score (nSPS) is 47.2. The molecule has 10 atom stereocenters. The van der Waals surface area contributed by atoms with Crippen LogP contribution in [0, 0.1) is 46.3 Å². The summed E-state index contributed by atoms with van der Waals surface area (Å²) in [6.07, 6.45) is 6.44. The van der Waals surface area contributed by atoms with Crippen molar-refractivity contribution < 1.29 is 32.2 Å². The van der Waals surface area contributed by atoms with Crippen LogP contribution in [0.3, 0.4) is 0 Å². The van der Waals surface area contributed by atoms with Crippen LogP contribution in [0.1, 0.15) is 85.0 Å². The summed E-state index contributed by atoms with van der Waals surface area (Å²) < 4.78 is 40.3. The summed E-state index contributed by atoms with van der Waals surface area (Å²) in [4.78, 5) is 11.0. The zero-order chi connectivity index (χ0) is 23.5. The van der Waals surface area contributed by atoms with Crippen LogP contribution in [0.2, 0.25) is 0 Å². The molecule has 32 heavy (non-hydrogen) atoms. The first-order valence-corrected chi connectivity index (χ1v) is 13.7. The summed E-state index contributed by atoms with van der Waals surface area (Å²) in [5.74, 6) is 0.300. The predicted molar refractivity (Wildman–Crippen MR) is 115 cm³/mol. The average Bonchev–Trinajstić information content (AvgIpc) is 3.03. The Morgan fingerprint density at radius 2 is 1.75 bits per heavy atom. The van der Waals surface area contributed by atoms with Crippen molar-refractivity contribution in [2.75, 3.05) is 0 Å². The van der Waals surface area contributed by atoms with E-state index in [9.17, 15) is 28.0 Å². The minimum absolute atomic E-state index is 0.00677. The van der Waals surface area contributed by atoms with Gasteiger partial charge in [-0.1, -0.05) is 20.8 Å². The fraction of sp³-hybridized carbons (Fsp3) is 0.958. The van der Waals surface area contributed by atoms with Gasteiger partial charge >= 0.3 is 0 Å². The summed E-state index contributed by atoms with van der Waals surface area (Å²) in [5.41, 5.74) is 0.00849. The van der Waals surface area contributed by atoms with Gasteiger partial charge in [-0.3, -0.25) is 4.18 Å². The van der Waals surface area contributed by atoms with Gasteiger partial charge in [0, 0.05) is 5.97 Å². The second-order valence-electron chi connectivity index (χ2n) is 11.8. The van der Waals surface area contributed by atoms with Crippen molar-refractivity contribution >= 4 is 16.4 Å². The molecule has 8 heteroatoms. The Hall–Kier alpha value is -0.700. The van der Waals surface area contributed by atoms with Crippen LogP contribution in [0.4, 0.5) is 0 Å². The number of carboxylic acid groups (broad SMARTS) is 1. The van der Waals surface area contributed by atoms with Crippen LogP contribution in [0.15, 0.2) is 0 Å². The molecule has 4 aliphatic carbocycles. The lowest BCUT2D eigenvalue weighted by atomic mass is 9.43. The second-order valence-corrected chi connectivity index (χ2v) is 12.8. The zero-order valence-corrected chi connectivity index (χ0v) is 20.3. The van der Waals surface area contributed by atoms with Gasteiger partial charge in [-0.15, -0.1) is 0 Å². The molecule has 0 spiro atoms. The standard InChI is InChI=1S/C24H40O7S/c1-14(4-7-21(26)27)17-5-6-18-22-19(9-11-24(17,18)3)23(2)10-8-16(25)12-15(23)13-20(22)31-32(28,29)30/h14-20,22,25H,4-13H2,1-3H3,(H,26,27)(H,28,29,30)/p-2/t14-,15+,16-,17-,18+,19+,20-,22+,23+,24-/m1/s1. The number of hydrogen-bond donors (Lipinski definition) is 1. The van der Waals surface area contributed by atoms with E-state index >= 15 is 0 Å². The van der Waals surface area contributed by atoms with Gasteiger partial charge in [0.15, 0.2) is 0 Å². The number of aliphatic carboxylic acids is 1. The lowest BCUT2D eigenvalue weighted by Gasteiger charge is -2.63. The number of rotatable bonds is 6. The molecule has 0 aromatic heterocycles. The fourth-order valence-electron chi connectivity index (χ4n) is 8.95. The first-order chi connectivity index (χ1) is 14.8. The molecule has 0 heterocycles. The van der Waals surface area contributed by atoms with Crippen molar-refractivity contribution in [2.45, 2.75) is 97.2 Å². The summed E-state index contributed by atoms with van der Waals surface area (Å²) in [6.45, 7) is 6.73. The number of carbonyl (C=O) groups is 1. The maximum absolute atomic E-state index is 11.7. The first kappa shape index (κ1) is 24.4. The number of aliphatic hydroxyl groups excluding tert-OH is 1. The third-order valence-electron chi connectivity index (χ3n) is 10.4. The van der Waals surface area contributed by atoms with E-state index in [0.29, 0.717) is 25.2 Å². The van der Waals surface area contributed by atoms with Gasteiger partial charge in [0.2, 0.25) is 10.4 Å². The zero-order valence-electron chi connectivity index (χ0n) is 19.5. The van der Waals surface area contributed by atoms with Gasteiger partial charge in [-0.25, -0.2) is 8.42 Å². The minimum Gasteiger partial charge on any atom is -0.726 e. The topological polar surface area (TPSA) is 127 Å². The smallest absolute Gasteiger partial charge is 0.217 e. The lowest BCUT2D eigenvalue weighted by Crippen LogP contribution is -2.59. The third kappa shape index (κ3) is 4.25. The Balaban J connectivity index is 1.64. The highest BCUT2D eigenvalue weighted by Gasteiger charge is 2.63. The minimum atomic E-state index is -4.83. The number of hydrogen-bond acceptors (Lipinski definition) is 7. The van der Waals surface area contributed by atoms with Crippen LogP contribution in [-0.2, 0) is 19.4 Å². The van der Waals surface area contributed by atoms with Gasteiger partial charge in [0.1, 0.15) is 0 Å². The Morgan fingerprint density at radius 1 is 1.09 bits per heavy atom. The van der Waals surface area contributed by atoms with Gasteiger partial charge in [-0.2, -0.15) is 0 Å². The quantitative estimate of drug-likeness (QED) is 0.467. The van der Waals surface area contributed by atoms with E-state index in [4.69, 9.17) is 4.18 Å². The van der Waals surface area contributed by atoms with Crippen molar-refractivity contribution in [1.29, 1.82) is 0 Å². The Kier molecular flexibility index (Phi) is 6.49. The largest absolute Gasteiger partial charge is 0.726 e. The molecular formula is C24H38O7S-2. The van der Waals surface area contributed by atoms with Crippen molar-refractivity contribution in [3.63, 3.8) is 0 Å². The van der Waals surface area contributed by atoms with Crippen LogP contribution < -0.4 is 5.11 Å². The maximum Gasteiger partial charge on any atom is 0.217 e. The fourth-order valence-corrected chi connectivity index (χ4v) is 9.46. The van der Waals surface area contributed by atoms with Crippen LogP contribution in [0.25, 0.3) is 0 Å². The van der Waals surface area contributed by atoms with Gasteiger partial charge in [0.05, 0.1) is 12.2 Å². The summed E-state index contributed by atoms with van der Waals surface area (Å²) in [5, 5.41) is 21.3. The van der Waals surface area contributed by atoms with E-state index in [1.807, 2.05) is 0 Å². The Bertz CT molecular complexity index is 828. The van der Waals surface area contributed by atoms with Crippen LogP contribution in [-0.4, -0.2) is 36.3 Å². The molecule has 0 amide bonds. The molecule has 0 radical (unpaired) electrons. The van der Waals surface area contributed by atoms with E-state index in [1.54, 1.807) is 0 Å². The molecule has 4 aliphatic rings. The molecule has 0 aromatic rings. The Morgan fingerprint density at radius 3 is 2.41 bits per heavy atom. The highest BCUT2D eigenvalue weighted by atomic mass is 32.3. The Labute approximate surface area is 192 Å². The van der Waals surface area contributed by atoms with E-state index in [0.717, 1.165) is 38.5 Å². The van der Waals surface area contributed by atoms with E-state index in [1.165, 1.54) is 0 Å². The molecule has 0 aliphatic heterocycles. The molecule has 0 aromatic carbocycles. The van der Waals surface area contributed by atoms with Gasteiger partial charge in [0.25, 0.3) is 0 Å². The molecule has 4 saturated carbocycles. The molecule has 4 fully saturated rings. The van der Waals surface area contributed by atoms with E-state index in [2.05, 4.69) is 20.8 Å². The van der Waals surface area contributed by atoms with Crippen molar-refractivity contribution in [1.82, 2.24) is 0 Å². The average molecular weight is 471 g/mol. The predicted octanol–water partition coefficient (Wildman–Crippen LogP) is 2.63. The number of carboxylic acids is 1. The monoisotopic (exact) mass is 470 g/mol. The van der Waals surface area contributed by atoms with Gasteiger partial charge in [-0.05, 0) is 111 Å². The molecule has 0 saturated heterocycles. The molecule has 4 rings (SSSR count). The van der Waals surface area contributed by atoms with Crippen LogP contribution >= 0.6 is 0 Å². The van der Waals surface area contributed by atoms with E-state index < -0.39 is 22.5 Å². The molecular weight excluding hydrogens is 432 g/mol. The highest BCUT2D eigenvalue weighted by molar-refractivity contribution is 7.80. The molecule has 1 N–H and O–H groups in total. The number of carbonyl (C=O) groups excluding carboxylic acids is 1. The second kappa shape index (κ2) is 8.51. The van der Waals surface area contributed by atoms with E-state index in [-0.39, 0.29) is 52.9 Å². The van der Waals surface area contributed by atoms with Crippen LogP contribution in [0.5, 0.6) is 0 Å². The molecule has 184 valence electrons. The summed E-state index contributed by atoms with van der Waals surface area (Å²) in [7, 11) is -4.83. The summed E-state index contributed by atoms with van der Waals surface area (Å²) in [6, 6.07) is 0. The lowest BCUT2D eigenvalue weighted by molar-refractivity contribution is -0.306. The van der Waals surface area contributed by atoms with Gasteiger partial charge < -0.3 is 19.6 Å². The van der Waals surface area contributed by atoms with Crippen molar-refractivity contribution in [3.05, 3.63) is 0 Å². The van der Waals surface area contributed by atoms with Crippen molar-refractivity contribution in [2.24, 2.45) is 46.3 Å². The number of aliphatic hydroxyl groups is 1. The third-order valence-corrected chi connectivity index (χ3v) is 10.9. The van der Waals surface area contributed by atoms with Crippen molar-refractivity contribution in [3.8, 4) is 0 Å². The molecule has 7 nitrogen and oxygen atoms in total.